The molecular weight excluding hydrogens is 476 g/mol. The zero-order valence-electron chi connectivity index (χ0n) is 15.6. The van der Waals surface area contributed by atoms with Crippen molar-refractivity contribution in [1.82, 2.24) is 0 Å². The van der Waals surface area contributed by atoms with E-state index in [-0.39, 0.29) is 35.1 Å². The van der Waals surface area contributed by atoms with Crippen molar-refractivity contribution in [3.05, 3.63) is 58.6 Å². The largest absolute Gasteiger partial charge is 0.497 e. The Morgan fingerprint density at radius 2 is 2.00 bits per heavy atom. The van der Waals surface area contributed by atoms with Crippen molar-refractivity contribution >= 4 is 54.3 Å². The van der Waals surface area contributed by atoms with Crippen LogP contribution in [0, 0.1) is 0 Å². The van der Waals surface area contributed by atoms with Gasteiger partial charge in [-0.15, -0.1) is 0 Å². The number of amides is 1. The molecule has 152 valence electrons. The molecule has 2 atom stereocenters. The van der Waals surface area contributed by atoms with Gasteiger partial charge in [0.1, 0.15) is 5.75 Å². The van der Waals surface area contributed by atoms with Crippen LogP contribution in [0.5, 0.6) is 5.75 Å². The second-order valence-corrected chi connectivity index (χ2v) is 11.2. The Morgan fingerprint density at radius 3 is 2.69 bits per heavy atom. The molecule has 2 fully saturated rings. The van der Waals surface area contributed by atoms with Crippen molar-refractivity contribution in [1.29, 1.82) is 0 Å². The number of carbonyl (C=O) groups excluding carboxylic acids is 1. The summed E-state index contributed by atoms with van der Waals surface area (Å²) in [7, 11) is -1.50. The molecule has 2 aromatic carbocycles. The third-order valence-corrected chi connectivity index (χ3v) is 8.59. The molecule has 4 rings (SSSR count). The first kappa shape index (κ1) is 20.4. The molecular formula is C20H19BrN2O4S2. The van der Waals surface area contributed by atoms with E-state index in [1.165, 1.54) is 11.8 Å². The third kappa shape index (κ3) is 4.51. The lowest BCUT2D eigenvalue weighted by Gasteiger charge is -2.24. The molecule has 1 amide bonds. The zero-order valence-corrected chi connectivity index (χ0v) is 18.8. The summed E-state index contributed by atoms with van der Waals surface area (Å²) in [5.41, 5.74) is 1.67. The second kappa shape index (κ2) is 8.12. The van der Waals surface area contributed by atoms with Crippen molar-refractivity contribution in [2.75, 3.05) is 23.5 Å². The number of rotatable bonds is 4. The van der Waals surface area contributed by atoms with E-state index in [0.717, 1.165) is 21.5 Å². The third-order valence-electron chi connectivity index (χ3n) is 4.89. The summed E-state index contributed by atoms with van der Waals surface area (Å²) in [4.78, 5) is 18.9. The van der Waals surface area contributed by atoms with Crippen LogP contribution in [-0.2, 0) is 21.1 Å². The fourth-order valence-electron chi connectivity index (χ4n) is 3.56. The summed E-state index contributed by atoms with van der Waals surface area (Å²) in [5.74, 6) is 0.649. The van der Waals surface area contributed by atoms with Gasteiger partial charge in [-0.25, -0.2) is 8.42 Å². The Balaban J connectivity index is 1.61. The maximum atomic E-state index is 12.6. The molecule has 0 aromatic heterocycles. The Morgan fingerprint density at radius 1 is 1.24 bits per heavy atom. The van der Waals surface area contributed by atoms with Gasteiger partial charge in [0.05, 0.1) is 31.1 Å². The lowest BCUT2D eigenvalue weighted by molar-refractivity contribution is -0.117. The highest BCUT2D eigenvalue weighted by molar-refractivity contribution is 9.10. The fraction of sp³-hybridized carbons (Fsp3) is 0.300. The molecule has 29 heavy (non-hydrogen) atoms. The minimum Gasteiger partial charge on any atom is -0.497 e. The van der Waals surface area contributed by atoms with Gasteiger partial charge in [0.25, 0.3) is 5.91 Å². The van der Waals surface area contributed by atoms with Crippen LogP contribution >= 0.6 is 27.7 Å². The van der Waals surface area contributed by atoms with Gasteiger partial charge in [0.2, 0.25) is 0 Å². The van der Waals surface area contributed by atoms with Crippen LogP contribution in [0.2, 0.25) is 0 Å². The van der Waals surface area contributed by atoms with E-state index < -0.39 is 9.84 Å². The minimum absolute atomic E-state index is 0.0723. The second-order valence-electron chi connectivity index (χ2n) is 6.96. The van der Waals surface area contributed by atoms with E-state index in [4.69, 9.17) is 4.74 Å². The van der Waals surface area contributed by atoms with Crippen molar-refractivity contribution in [2.45, 2.75) is 17.7 Å². The van der Waals surface area contributed by atoms with Gasteiger partial charge in [-0.1, -0.05) is 45.9 Å². The van der Waals surface area contributed by atoms with Crippen LogP contribution in [0.3, 0.4) is 0 Å². The number of hydrogen-bond donors (Lipinski definition) is 0. The van der Waals surface area contributed by atoms with Gasteiger partial charge >= 0.3 is 0 Å². The standard InChI is InChI=1S/C20H19BrN2O4S2/c1-27-16-7-5-13(6-8-16)9-19(24)22-20-23(15-4-2-3-14(21)10-15)17-11-29(25,26)12-18(17)28-20/h2-8,10,17-18H,9,11-12H2,1H3/t17-,18+/m1/s1. The van der Waals surface area contributed by atoms with Crippen molar-refractivity contribution in [3.63, 3.8) is 0 Å². The average Bonchev–Trinajstić information content (AvgIpc) is 3.12. The van der Waals surface area contributed by atoms with Gasteiger partial charge in [-0.05, 0) is 35.9 Å². The Bertz CT molecular complexity index is 1070. The Kier molecular flexibility index (Phi) is 5.72. The van der Waals surface area contributed by atoms with Gasteiger partial charge in [0, 0.05) is 15.4 Å². The number of carbonyl (C=O) groups is 1. The molecule has 0 radical (unpaired) electrons. The lowest BCUT2D eigenvalue weighted by atomic mass is 10.1. The normalized spacial score (nSPS) is 23.9. The number of thioether (sulfide) groups is 1. The van der Waals surface area contributed by atoms with E-state index in [1.807, 2.05) is 53.4 Å². The van der Waals surface area contributed by atoms with E-state index in [1.54, 1.807) is 7.11 Å². The zero-order chi connectivity index (χ0) is 20.6. The number of methoxy groups -OCH3 is 1. The number of nitrogens with zero attached hydrogens (tertiary/aromatic N) is 2. The van der Waals surface area contributed by atoms with Crippen molar-refractivity contribution in [3.8, 4) is 5.75 Å². The summed E-state index contributed by atoms with van der Waals surface area (Å²) < 4.78 is 30.3. The Labute approximate surface area is 182 Å². The number of benzene rings is 2. The molecule has 6 nitrogen and oxygen atoms in total. The number of fused-ring (bicyclic) bond motifs is 1. The summed E-state index contributed by atoms with van der Waals surface area (Å²) in [6.45, 7) is 0. The lowest BCUT2D eigenvalue weighted by Crippen LogP contribution is -2.37. The van der Waals surface area contributed by atoms with Crippen molar-refractivity contribution in [2.24, 2.45) is 4.99 Å². The first-order chi connectivity index (χ1) is 13.8. The van der Waals surface area contributed by atoms with Crippen LogP contribution in [0.25, 0.3) is 0 Å². The highest BCUT2D eigenvalue weighted by Gasteiger charge is 2.49. The van der Waals surface area contributed by atoms with Gasteiger partial charge in [-0.3, -0.25) is 4.79 Å². The SMILES string of the molecule is COc1ccc(CC(=O)N=C2S[C@H]3CS(=O)(=O)C[C@H]3N2c2cccc(Br)c2)cc1. The number of sulfone groups is 1. The molecule has 2 aliphatic heterocycles. The van der Waals surface area contributed by atoms with Gasteiger partial charge in [-0.2, -0.15) is 4.99 Å². The molecule has 0 saturated carbocycles. The molecule has 2 aliphatic rings. The van der Waals surface area contributed by atoms with E-state index >= 15 is 0 Å². The minimum atomic E-state index is -3.09. The summed E-state index contributed by atoms with van der Waals surface area (Å²) in [5, 5.41) is 0.443. The number of ether oxygens (including phenoxy) is 1. The van der Waals surface area contributed by atoms with Crippen molar-refractivity contribution < 1.29 is 17.9 Å². The molecule has 0 N–H and O–H groups in total. The smallest absolute Gasteiger partial charge is 0.252 e. The molecule has 0 bridgehead atoms. The molecule has 0 spiro atoms. The quantitative estimate of drug-likeness (QED) is 0.648. The van der Waals surface area contributed by atoms with E-state index in [9.17, 15) is 13.2 Å². The van der Waals surface area contributed by atoms with Gasteiger partial charge < -0.3 is 9.64 Å². The predicted octanol–water partition coefficient (Wildman–Crippen LogP) is 3.30. The number of anilines is 1. The van der Waals surface area contributed by atoms with E-state index in [2.05, 4.69) is 20.9 Å². The van der Waals surface area contributed by atoms with E-state index in [0.29, 0.717) is 5.17 Å². The molecule has 0 aliphatic carbocycles. The molecule has 2 saturated heterocycles. The predicted molar refractivity (Wildman–Crippen MR) is 120 cm³/mol. The number of halogens is 1. The molecule has 0 unspecified atom stereocenters. The van der Waals surface area contributed by atoms with Gasteiger partial charge in [0.15, 0.2) is 15.0 Å². The first-order valence-electron chi connectivity index (χ1n) is 9.01. The van der Waals surface area contributed by atoms with Crippen LogP contribution < -0.4 is 9.64 Å². The Hall–Kier alpha value is -1.84. The number of amidine groups is 1. The summed E-state index contributed by atoms with van der Waals surface area (Å²) in [6, 6.07) is 14.7. The highest BCUT2D eigenvalue weighted by atomic mass is 79.9. The topological polar surface area (TPSA) is 76.0 Å². The maximum absolute atomic E-state index is 12.6. The molecule has 9 heteroatoms. The number of hydrogen-bond acceptors (Lipinski definition) is 5. The van der Waals surface area contributed by atoms with Crippen LogP contribution in [0.1, 0.15) is 5.56 Å². The average molecular weight is 495 g/mol. The van der Waals surface area contributed by atoms with Crippen LogP contribution in [0.15, 0.2) is 58.0 Å². The monoisotopic (exact) mass is 494 g/mol. The maximum Gasteiger partial charge on any atom is 0.252 e. The summed E-state index contributed by atoms with van der Waals surface area (Å²) in [6.07, 6.45) is 0.175. The fourth-order valence-corrected chi connectivity index (χ4v) is 7.87. The van der Waals surface area contributed by atoms with Crippen LogP contribution in [-0.4, -0.2) is 49.4 Å². The first-order valence-corrected chi connectivity index (χ1v) is 12.5. The highest BCUT2D eigenvalue weighted by Crippen LogP contribution is 2.41. The summed E-state index contributed by atoms with van der Waals surface area (Å²) >= 11 is 4.84. The molecule has 2 heterocycles. The molecule has 2 aromatic rings. The number of aliphatic imine (C=N–C) groups is 1. The van der Waals surface area contributed by atoms with Crippen LogP contribution in [0.4, 0.5) is 5.69 Å².